The Balaban J connectivity index is 4.65. The third-order valence-corrected chi connectivity index (χ3v) is 3.57. The van der Waals surface area contributed by atoms with Gasteiger partial charge in [-0.25, -0.2) is 0 Å². The van der Waals surface area contributed by atoms with Crippen LogP contribution in [0.3, 0.4) is 0 Å². The molecule has 0 saturated heterocycles. The van der Waals surface area contributed by atoms with Gasteiger partial charge in [0.15, 0.2) is 5.78 Å². The summed E-state index contributed by atoms with van der Waals surface area (Å²) in [6, 6.07) is -1.83. The molecule has 0 fully saturated rings. The molecule has 0 aromatic heterocycles. The van der Waals surface area contributed by atoms with Crippen molar-refractivity contribution in [3.8, 4) is 0 Å². The Hall–Kier alpha value is -0.320. The summed E-state index contributed by atoms with van der Waals surface area (Å²) in [5, 5.41) is 4.65. The Bertz CT molecular complexity index is 391. The lowest BCUT2D eigenvalue weighted by atomic mass is 10.2. The Kier molecular flexibility index (Phi) is 10.2. The van der Waals surface area contributed by atoms with E-state index >= 15 is 0 Å². The van der Waals surface area contributed by atoms with Crippen LogP contribution in [0.5, 0.6) is 0 Å². The zero-order valence-corrected chi connectivity index (χ0v) is 14.0. The molecule has 6 nitrogen and oxygen atoms in total. The fourth-order valence-corrected chi connectivity index (χ4v) is 2.03. The molecule has 0 aromatic carbocycles. The van der Waals surface area contributed by atoms with Crippen LogP contribution in [-0.2, 0) is 19.2 Å². The van der Waals surface area contributed by atoms with E-state index in [2.05, 4.69) is 61.1 Å². The quantitative estimate of drug-likeness (QED) is 0.232. The monoisotopic (exact) mass is 356 g/mol. The summed E-state index contributed by atoms with van der Waals surface area (Å²) in [5.74, 6) is -2.81. The molecule has 0 heterocycles. The van der Waals surface area contributed by atoms with Gasteiger partial charge in [0.05, 0.1) is 17.5 Å². The molecule has 0 spiro atoms. The maximum Gasteiger partial charge on any atom is 0.288 e. The van der Waals surface area contributed by atoms with Gasteiger partial charge in [-0.15, -0.1) is 0 Å². The van der Waals surface area contributed by atoms with Gasteiger partial charge in [-0.05, 0) is 0 Å². The molecule has 0 aromatic rings. The minimum absolute atomic E-state index is 0.0220. The van der Waals surface area contributed by atoms with E-state index in [0.29, 0.717) is 0 Å². The van der Waals surface area contributed by atoms with Crippen molar-refractivity contribution in [2.45, 2.75) is 12.1 Å². The summed E-state index contributed by atoms with van der Waals surface area (Å²) >= 11 is 15.4. The molecule has 0 aliphatic heterocycles. The number of amides is 2. The van der Waals surface area contributed by atoms with Crippen LogP contribution in [0.15, 0.2) is 0 Å². The molecule has 114 valence electrons. The third-order valence-electron chi connectivity index (χ3n) is 2.24. The highest BCUT2D eigenvalue weighted by molar-refractivity contribution is 7.81. The normalized spacial score (nSPS) is 13.2. The van der Waals surface area contributed by atoms with Gasteiger partial charge in [-0.1, -0.05) is 0 Å². The van der Waals surface area contributed by atoms with Gasteiger partial charge in [0.1, 0.15) is 6.04 Å². The maximum atomic E-state index is 11.9. The minimum Gasteiger partial charge on any atom is -0.344 e. The number of hydrogen-bond donors (Lipinski definition) is 6. The molecule has 0 aliphatic carbocycles. The summed E-state index contributed by atoms with van der Waals surface area (Å²) < 4.78 is 0. The number of carbonyl (C=O) groups is 4. The van der Waals surface area contributed by atoms with Crippen LogP contribution in [0.1, 0.15) is 0 Å². The van der Waals surface area contributed by atoms with Gasteiger partial charge in [-0.3, -0.25) is 19.2 Å². The fraction of sp³-hybridized carbons (Fsp3) is 0.600. The molecule has 0 unspecified atom stereocenters. The topological polar surface area (TPSA) is 92.3 Å². The van der Waals surface area contributed by atoms with Crippen LogP contribution in [-0.4, -0.2) is 58.5 Å². The zero-order valence-electron chi connectivity index (χ0n) is 10.4. The van der Waals surface area contributed by atoms with Gasteiger partial charge in [0, 0.05) is 11.5 Å². The summed E-state index contributed by atoms with van der Waals surface area (Å²) in [4.78, 5) is 45.8. The number of nitrogens with one attached hydrogen (secondary N) is 2. The predicted molar refractivity (Wildman–Crippen MR) is 89.3 cm³/mol. The van der Waals surface area contributed by atoms with Gasteiger partial charge in [0.2, 0.25) is 11.7 Å². The largest absolute Gasteiger partial charge is 0.344 e. The van der Waals surface area contributed by atoms with E-state index in [0.717, 1.165) is 0 Å². The molecular weight excluding hydrogens is 340 g/mol. The molecule has 0 radical (unpaired) electrons. The molecule has 0 rings (SSSR count). The van der Waals surface area contributed by atoms with Crippen LogP contribution < -0.4 is 10.6 Å². The SMILES string of the molecule is O=C(CS)C(=O)N[C@@H](CS)C(=O)N[C@@H](CS)C(=O)CS. The van der Waals surface area contributed by atoms with Crippen LogP contribution in [0.2, 0.25) is 0 Å². The highest BCUT2D eigenvalue weighted by Gasteiger charge is 2.26. The van der Waals surface area contributed by atoms with Crippen LogP contribution in [0.4, 0.5) is 0 Å². The Morgan fingerprint density at radius 1 is 0.800 bits per heavy atom. The van der Waals surface area contributed by atoms with Crippen LogP contribution in [0.25, 0.3) is 0 Å². The van der Waals surface area contributed by atoms with Crippen molar-refractivity contribution >= 4 is 73.9 Å². The first-order valence-corrected chi connectivity index (χ1v) is 8.04. The van der Waals surface area contributed by atoms with Crippen LogP contribution >= 0.6 is 50.5 Å². The van der Waals surface area contributed by atoms with E-state index in [-0.39, 0.29) is 28.8 Å². The first-order valence-electron chi connectivity index (χ1n) is 5.51. The fourth-order valence-electron chi connectivity index (χ4n) is 1.12. The van der Waals surface area contributed by atoms with Crippen molar-refractivity contribution in [2.75, 3.05) is 23.0 Å². The second kappa shape index (κ2) is 10.4. The second-order valence-corrected chi connectivity index (χ2v) is 5.02. The van der Waals surface area contributed by atoms with E-state index in [9.17, 15) is 19.2 Å². The standard InChI is InChI=1S/C10H16N2O4S4/c13-7(3-19)5(1-17)11-9(15)6(2-18)12-10(16)8(14)4-20/h5-6,17-20H,1-4H2,(H,11,15)(H,12,16)/t5-,6-/m0/s1. The highest BCUT2D eigenvalue weighted by Crippen LogP contribution is 1.97. The Morgan fingerprint density at radius 2 is 1.35 bits per heavy atom. The first-order chi connectivity index (χ1) is 9.40. The minimum atomic E-state index is -1.02. The summed E-state index contributed by atoms with van der Waals surface area (Å²) in [6.07, 6.45) is 0. The van der Waals surface area contributed by atoms with Crippen molar-refractivity contribution in [2.24, 2.45) is 0 Å². The van der Waals surface area contributed by atoms with E-state index in [4.69, 9.17) is 0 Å². The molecule has 2 N–H and O–H groups in total. The van der Waals surface area contributed by atoms with Crippen LogP contribution in [0, 0.1) is 0 Å². The van der Waals surface area contributed by atoms with E-state index in [1.807, 2.05) is 0 Å². The van der Waals surface area contributed by atoms with Gasteiger partial charge < -0.3 is 10.6 Å². The van der Waals surface area contributed by atoms with E-state index < -0.39 is 29.7 Å². The number of Topliss-reactive ketones (excluding diaryl/α,β-unsaturated/α-hetero) is 2. The van der Waals surface area contributed by atoms with Gasteiger partial charge >= 0.3 is 0 Å². The van der Waals surface area contributed by atoms with Crippen molar-refractivity contribution < 1.29 is 19.2 Å². The number of carbonyl (C=O) groups excluding carboxylic acids is 4. The third kappa shape index (κ3) is 6.42. The smallest absolute Gasteiger partial charge is 0.288 e. The van der Waals surface area contributed by atoms with E-state index in [1.165, 1.54) is 0 Å². The van der Waals surface area contributed by atoms with E-state index in [1.54, 1.807) is 0 Å². The highest BCUT2D eigenvalue weighted by atomic mass is 32.1. The van der Waals surface area contributed by atoms with Crippen molar-refractivity contribution in [3.05, 3.63) is 0 Å². The summed E-state index contributed by atoms with van der Waals surface area (Å²) in [5.41, 5.74) is 0. The number of ketones is 2. The van der Waals surface area contributed by atoms with Gasteiger partial charge in [0.25, 0.3) is 5.91 Å². The average molecular weight is 357 g/mol. The number of hydrogen-bond acceptors (Lipinski definition) is 8. The van der Waals surface area contributed by atoms with Crippen molar-refractivity contribution in [3.63, 3.8) is 0 Å². The molecule has 2 amide bonds. The lowest BCUT2D eigenvalue weighted by Gasteiger charge is -2.20. The molecule has 20 heavy (non-hydrogen) atoms. The number of thiol groups is 4. The predicted octanol–water partition coefficient (Wildman–Crippen LogP) is -1.19. The Labute approximate surface area is 138 Å². The molecular formula is C10H16N2O4S4. The maximum absolute atomic E-state index is 11.9. The molecule has 0 saturated carbocycles. The second-order valence-electron chi connectivity index (χ2n) is 3.66. The van der Waals surface area contributed by atoms with Crippen molar-refractivity contribution in [1.82, 2.24) is 10.6 Å². The molecule has 0 bridgehead atoms. The lowest BCUT2D eigenvalue weighted by molar-refractivity contribution is -0.138. The Morgan fingerprint density at radius 3 is 1.75 bits per heavy atom. The van der Waals surface area contributed by atoms with Crippen molar-refractivity contribution in [1.29, 1.82) is 0 Å². The summed E-state index contributed by atoms with van der Waals surface area (Å²) in [7, 11) is 0. The average Bonchev–Trinajstić information content (AvgIpc) is 2.47. The number of rotatable bonds is 9. The van der Waals surface area contributed by atoms with Gasteiger partial charge in [-0.2, -0.15) is 50.5 Å². The molecule has 10 heteroatoms. The molecule has 2 atom stereocenters. The first kappa shape index (κ1) is 19.7. The summed E-state index contributed by atoms with van der Waals surface area (Å²) in [6.45, 7) is 0. The molecule has 0 aliphatic rings. The lowest BCUT2D eigenvalue weighted by Crippen LogP contribution is -2.54. The zero-order chi connectivity index (χ0) is 15.7.